The van der Waals surface area contributed by atoms with Gasteiger partial charge in [0.05, 0.1) is 6.61 Å². The summed E-state index contributed by atoms with van der Waals surface area (Å²) in [5.74, 6) is 1.75. The second-order valence-electron chi connectivity index (χ2n) is 6.29. The summed E-state index contributed by atoms with van der Waals surface area (Å²) in [4.78, 5) is 0. The zero-order valence-corrected chi connectivity index (χ0v) is 12.0. The first-order valence-electron chi connectivity index (χ1n) is 6.91. The number of aryl methyl sites for hydroxylation is 2. The van der Waals surface area contributed by atoms with E-state index in [-0.39, 0.29) is 5.54 Å². The molecule has 0 aliphatic heterocycles. The molecule has 0 saturated heterocycles. The van der Waals surface area contributed by atoms with E-state index in [1.165, 1.54) is 30.4 Å². The summed E-state index contributed by atoms with van der Waals surface area (Å²) in [7, 11) is 0. The van der Waals surface area contributed by atoms with Crippen LogP contribution < -0.4 is 10.5 Å². The highest BCUT2D eigenvalue weighted by atomic mass is 16.5. The van der Waals surface area contributed by atoms with E-state index in [4.69, 9.17) is 10.5 Å². The van der Waals surface area contributed by atoms with E-state index >= 15 is 0 Å². The summed E-state index contributed by atoms with van der Waals surface area (Å²) < 4.78 is 6.07. The second kappa shape index (κ2) is 4.93. The number of benzene rings is 1. The molecule has 18 heavy (non-hydrogen) atoms. The molecule has 0 radical (unpaired) electrons. The molecule has 0 unspecified atom stereocenters. The normalized spacial score (nSPS) is 16.5. The highest BCUT2D eigenvalue weighted by molar-refractivity contribution is 5.47. The maximum atomic E-state index is 6.27. The summed E-state index contributed by atoms with van der Waals surface area (Å²) in [5, 5.41) is 0. The third-order valence-corrected chi connectivity index (χ3v) is 3.80. The van der Waals surface area contributed by atoms with Crippen molar-refractivity contribution in [3.8, 4) is 5.75 Å². The molecule has 2 N–H and O–H groups in total. The van der Waals surface area contributed by atoms with Gasteiger partial charge >= 0.3 is 0 Å². The lowest BCUT2D eigenvalue weighted by atomic mass is 9.86. The Labute approximate surface area is 111 Å². The largest absolute Gasteiger partial charge is 0.493 e. The van der Waals surface area contributed by atoms with Gasteiger partial charge in [-0.2, -0.15) is 0 Å². The fourth-order valence-corrected chi connectivity index (χ4v) is 2.49. The number of nitrogens with two attached hydrogens (primary N) is 1. The quantitative estimate of drug-likeness (QED) is 0.881. The van der Waals surface area contributed by atoms with E-state index in [1.54, 1.807) is 0 Å². The van der Waals surface area contributed by atoms with Crippen molar-refractivity contribution < 1.29 is 4.74 Å². The minimum absolute atomic E-state index is 0.355. The van der Waals surface area contributed by atoms with Crippen LogP contribution in [0.2, 0.25) is 0 Å². The topological polar surface area (TPSA) is 35.2 Å². The van der Waals surface area contributed by atoms with Crippen LogP contribution in [0.5, 0.6) is 5.75 Å². The van der Waals surface area contributed by atoms with Gasteiger partial charge in [0.15, 0.2) is 0 Å². The summed E-state index contributed by atoms with van der Waals surface area (Å²) in [6.07, 6.45) is 3.98. The van der Waals surface area contributed by atoms with Crippen LogP contribution in [-0.4, -0.2) is 6.61 Å². The van der Waals surface area contributed by atoms with Crippen LogP contribution in [0.1, 0.15) is 49.8 Å². The SMILES string of the molecule is Cc1cc(C)c(OCC2CCC2)c(C(C)(C)N)c1. The Balaban J connectivity index is 2.25. The molecule has 1 saturated carbocycles. The molecular formula is C16H25NO. The molecule has 100 valence electrons. The van der Waals surface area contributed by atoms with Gasteiger partial charge in [-0.05, 0) is 52.0 Å². The van der Waals surface area contributed by atoms with E-state index in [0.29, 0.717) is 0 Å². The van der Waals surface area contributed by atoms with Crippen molar-refractivity contribution >= 4 is 0 Å². The van der Waals surface area contributed by atoms with Crippen LogP contribution in [0.4, 0.5) is 0 Å². The number of hydrogen-bond donors (Lipinski definition) is 1. The fourth-order valence-electron chi connectivity index (χ4n) is 2.49. The van der Waals surface area contributed by atoms with Gasteiger partial charge in [0.2, 0.25) is 0 Å². The van der Waals surface area contributed by atoms with Crippen LogP contribution >= 0.6 is 0 Å². The highest BCUT2D eigenvalue weighted by Crippen LogP contribution is 2.34. The smallest absolute Gasteiger partial charge is 0.127 e. The average Bonchev–Trinajstić information content (AvgIpc) is 2.16. The summed E-state index contributed by atoms with van der Waals surface area (Å²) in [6, 6.07) is 4.33. The molecule has 0 atom stereocenters. The van der Waals surface area contributed by atoms with Gasteiger partial charge in [-0.25, -0.2) is 0 Å². The molecule has 0 aromatic heterocycles. The maximum absolute atomic E-state index is 6.27. The first kappa shape index (κ1) is 13.4. The Bertz CT molecular complexity index is 427. The molecule has 0 amide bonds. The predicted molar refractivity (Wildman–Crippen MR) is 76.0 cm³/mol. The zero-order valence-electron chi connectivity index (χ0n) is 12.0. The molecule has 1 aromatic rings. The van der Waals surface area contributed by atoms with Gasteiger partial charge in [0.1, 0.15) is 5.75 Å². The van der Waals surface area contributed by atoms with E-state index in [9.17, 15) is 0 Å². The summed E-state index contributed by atoms with van der Waals surface area (Å²) >= 11 is 0. The van der Waals surface area contributed by atoms with Crippen LogP contribution in [-0.2, 0) is 5.54 Å². The molecule has 2 heteroatoms. The standard InChI is InChI=1S/C16H25NO/c1-11-8-12(2)15(14(9-11)16(3,4)17)18-10-13-6-5-7-13/h8-9,13H,5-7,10,17H2,1-4H3. The van der Waals surface area contributed by atoms with Gasteiger partial charge in [-0.15, -0.1) is 0 Å². The van der Waals surface area contributed by atoms with Crippen molar-refractivity contribution in [3.63, 3.8) is 0 Å². The van der Waals surface area contributed by atoms with E-state index in [1.807, 2.05) is 13.8 Å². The Hall–Kier alpha value is -1.02. The molecule has 1 aliphatic carbocycles. The minimum Gasteiger partial charge on any atom is -0.493 e. The Morgan fingerprint density at radius 3 is 2.44 bits per heavy atom. The summed E-state index contributed by atoms with van der Waals surface area (Å²) in [5.41, 5.74) is 9.48. The number of ether oxygens (including phenoxy) is 1. The van der Waals surface area contributed by atoms with Crippen LogP contribution in [0.3, 0.4) is 0 Å². The van der Waals surface area contributed by atoms with Crippen LogP contribution in [0.15, 0.2) is 12.1 Å². The first-order valence-corrected chi connectivity index (χ1v) is 6.91. The molecule has 2 nitrogen and oxygen atoms in total. The molecule has 1 fully saturated rings. The van der Waals surface area contributed by atoms with Gasteiger partial charge in [0.25, 0.3) is 0 Å². The Morgan fingerprint density at radius 2 is 1.94 bits per heavy atom. The van der Waals surface area contributed by atoms with Gasteiger partial charge in [-0.3, -0.25) is 0 Å². The van der Waals surface area contributed by atoms with E-state index in [0.717, 1.165) is 23.8 Å². The first-order chi connectivity index (χ1) is 8.38. The van der Waals surface area contributed by atoms with Gasteiger partial charge < -0.3 is 10.5 Å². The maximum Gasteiger partial charge on any atom is 0.127 e. The van der Waals surface area contributed by atoms with Gasteiger partial charge in [0, 0.05) is 11.1 Å². The van der Waals surface area contributed by atoms with Crippen molar-refractivity contribution in [1.29, 1.82) is 0 Å². The van der Waals surface area contributed by atoms with E-state index in [2.05, 4.69) is 26.0 Å². The third-order valence-electron chi connectivity index (χ3n) is 3.80. The molecule has 0 heterocycles. The van der Waals surface area contributed by atoms with E-state index < -0.39 is 0 Å². The lowest BCUT2D eigenvalue weighted by molar-refractivity contribution is 0.177. The highest BCUT2D eigenvalue weighted by Gasteiger charge is 2.23. The predicted octanol–water partition coefficient (Wildman–Crippen LogP) is 3.68. The van der Waals surface area contributed by atoms with Crippen molar-refractivity contribution in [2.45, 2.75) is 52.5 Å². The average molecular weight is 247 g/mol. The lowest BCUT2D eigenvalue weighted by Gasteiger charge is -2.29. The fraction of sp³-hybridized carbons (Fsp3) is 0.625. The molecule has 0 spiro atoms. The van der Waals surface area contributed by atoms with Gasteiger partial charge in [-0.1, -0.05) is 24.1 Å². The Kier molecular flexibility index (Phi) is 3.67. The van der Waals surface area contributed by atoms with Crippen molar-refractivity contribution in [2.24, 2.45) is 11.7 Å². The molecule has 2 rings (SSSR count). The summed E-state index contributed by atoms with van der Waals surface area (Å²) in [6.45, 7) is 9.14. The van der Waals surface area contributed by atoms with Crippen molar-refractivity contribution in [3.05, 3.63) is 28.8 Å². The number of hydrogen-bond acceptors (Lipinski definition) is 2. The molecule has 0 bridgehead atoms. The van der Waals surface area contributed by atoms with Crippen LogP contribution in [0.25, 0.3) is 0 Å². The van der Waals surface area contributed by atoms with Crippen molar-refractivity contribution in [2.75, 3.05) is 6.61 Å². The van der Waals surface area contributed by atoms with Crippen LogP contribution in [0, 0.1) is 19.8 Å². The molecule has 1 aromatic carbocycles. The third kappa shape index (κ3) is 2.86. The number of rotatable bonds is 4. The zero-order chi connectivity index (χ0) is 13.3. The Morgan fingerprint density at radius 1 is 1.28 bits per heavy atom. The molecular weight excluding hydrogens is 222 g/mol. The monoisotopic (exact) mass is 247 g/mol. The lowest BCUT2D eigenvalue weighted by Crippen LogP contribution is -2.30. The molecule has 1 aliphatic rings. The second-order valence-corrected chi connectivity index (χ2v) is 6.29. The minimum atomic E-state index is -0.355. The van der Waals surface area contributed by atoms with Crippen molar-refractivity contribution in [1.82, 2.24) is 0 Å².